The highest BCUT2D eigenvalue weighted by molar-refractivity contribution is 6.34. The van der Waals surface area contributed by atoms with Gasteiger partial charge in [-0.15, -0.1) is 0 Å². The van der Waals surface area contributed by atoms with Gasteiger partial charge < -0.3 is 15.1 Å². The van der Waals surface area contributed by atoms with Crippen LogP contribution in [0.3, 0.4) is 0 Å². The molecule has 2 aromatic rings. The molecule has 0 aromatic heterocycles. The predicted molar refractivity (Wildman–Crippen MR) is 119 cm³/mol. The molecule has 0 aliphatic carbocycles. The number of carbonyl (C=O) groups is 3. The second kappa shape index (κ2) is 8.88. The van der Waals surface area contributed by atoms with Crippen molar-refractivity contribution in [3.8, 4) is 0 Å². The van der Waals surface area contributed by atoms with Crippen molar-refractivity contribution in [2.75, 3.05) is 30.9 Å². The van der Waals surface area contributed by atoms with E-state index in [1.165, 1.54) is 4.90 Å². The maximum atomic E-state index is 12.7. The van der Waals surface area contributed by atoms with Crippen molar-refractivity contribution in [3.63, 3.8) is 0 Å². The summed E-state index contributed by atoms with van der Waals surface area (Å²) >= 11 is 6.22. The van der Waals surface area contributed by atoms with E-state index in [0.29, 0.717) is 23.7 Å². The lowest BCUT2D eigenvalue weighted by molar-refractivity contribution is -0.122. The summed E-state index contributed by atoms with van der Waals surface area (Å²) in [6.45, 7) is 4.53. The monoisotopic (exact) mass is 427 g/mol. The molecule has 0 radical (unpaired) electrons. The van der Waals surface area contributed by atoms with Crippen molar-refractivity contribution >= 4 is 40.7 Å². The lowest BCUT2D eigenvalue weighted by Gasteiger charge is -2.18. The van der Waals surface area contributed by atoms with Crippen LogP contribution in [-0.4, -0.2) is 43.3 Å². The number of benzene rings is 2. The van der Waals surface area contributed by atoms with Gasteiger partial charge in [-0.2, -0.15) is 0 Å². The molecule has 1 fully saturated rings. The van der Waals surface area contributed by atoms with Crippen LogP contribution in [0.15, 0.2) is 42.5 Å². The first-order chi connectivity index (χ1) is 14.2. The van der Waals surface area contributed by atoms with Gasteiger partial charge in [-0.1, -0.05) is 37.6 Å². The number of rotatable bonds is 5. The van der Waals surface area contributed by atoms with Gasteiger partial charge in [0.2, 0.25) is 11.8 Å². The van der Waals surface area contributed by atoms with Crippen LogP contribution in [0.2, 0.25) is 5.02 Å². The Morgan fingerprint density at radius 2 is 1.90 bits per heavy atom. The average Bonchev–Trinajstić information content (AvgIpc) is 3.09. The van der Waals surface area contributed by atoms with Crippen molar-refractivity contribution < 1.29 is 14.4 Å². The molecular formula is C23H26ClN3O3. The van der Waals surface area contributed by atoms with Gasteiger partial charge in [-0.3, -0.25) is 14.4 Å². The van der Waals surface area contributed by atoms with E-state index in [1.807, 2.05) is 24.3 Å². The standard InChI is InChI=1S/C23H26ClN3O3/c1-14(2)15-6-5-7-18(10-15)27-13-16(11-21(27)28)22(29)25-17-8-9-19(20(24)12-17)23(30)26(3)4/h5-10,12,14,16H,11,13H2,1-4H3,(H,25,29). The van der Waals surface area contributed by atoms with Gasteiger partial charge in [-0.25, -0.2) is 0 Å². The number of hydrogen-bond donors (Lipinski definition) is 1. The van der Waals surface area contributed by atoms with Crippen molar-refractivity contribution in [3.05, 3.63) is 58.6 Å². The quantitative estimate of drug-likeness (QED) is 0.779. The van der Waals surface area contributed by atoms with E-state index in [-0.39, 0.29) is 29.2 Å². The minimum Gasteiger partial charge on any atom is -0.345 e. The zero-order valence-electron chi connectivity index (χ0n) is 17.6. The summed E-state index contributed by atoms with van der Waals surface area (Å²) in [4.78, 5) is 40.5. The second-order valence-electron chi connectivity index (χ2n) is 8.04. The topological polar surface area (TPSA) is 69.7 Å². The molecule has 1 heterocycles. The number of nitrogens with one attached hydrogen (secondary N) is 1. The van der Waals surface area contributed by atoms with Crippen molar-refractivity contribution in [2.24, 2.45) is 5.92 Å². The molecule has 2 aromatic carbocycles. The Kier molecular flexibility index (Phi) is 6.46. The number of hydrogen-bond acceptors (Lipinski definition) is 3. The molecule has 0 spiro atoms. The van der Waals surface area contributed by atoms with Gasteiger partial charge in [0.15, 0.2) is 0 Å². The second-order valence-corrected chi connectivity index (χ2v) is 8.45. The fraction of sp³-hybridized carbons (Fsp3) is 0.348. The Morgan fingerprint density at radius 3 is 2.53 bits per heavy atom. The Morgan fingerprint density at radius 1 is 1.17 bits per heavy atom. The summed E-state index contributed by atoms with van der Waals surface area (Å²) in [6.07, 6.45) is 0.155. The van der Waals surface area contributed by atoms with Crippen LogP contribution in [0, 0.1) is 5.92 Å². The van der Waals surface area contributed by atoms with E-state index in [9.17, 15) is 14.4 Å². The molecule has 6 nitrogen and oxygen atoms in total. The lowest BCUT2D eigenvalue weighted by Crippen LogP contribution is -2.28. The third kappa shape index (κ3) is 4.65. The maximum absolute atomic E-state index is 12.7. The first-order valence-electron chi connectivity index (χ1n) is 9.89. The Hall–Kier alpha value is -2.86. The van der Waals surface area contributed by atoms with Crippen LogP contribution in [0.5, 0.6) is 0 Å². The average molecular weight is 428 g/mol. The third-order valence-electron chi connectivity index (χ3n) is 5.22. The summed E-state index contributed by atoms with van der Waals surface area (Å²) in [5.74, 6) is -0.621. The largest absolute Gasteiger partial charge is 0.345 e. The lowest BCUT2D eigenvalue weighted by atomic mass is 10.0. The van der Waals surface area contributed by atoms with Crippen molar-refractivity contribution in [1.29, 1.82) is 0 Å². The van der Waals surface area contributed by atoms with E-state index >= 15 is 0 Å². The molecular weight excluding hydrogens is 402 g/mol. The first kappa shape index (κ1) is 21.8. The third-order valence-corrected chi connectivity index (χ3v) is 5.53. The number of anilines is 2. The first-order valence-corrected chi connectivity index (χ1v) is 10.3. The number of amides is 3. The highest BCUT2D eigenvalue weighted by Crippen LogP contribution is 2.29. The molecule has 1 atom stereocenters. The van der Waals surface area contributed by atoms with Gasteiger partial charge in [-0.05, 0) is 41.8 Å². The molecule has 1 saturated heterocycles. The number of nitrogens with zero attached hydrogens (tertiary/aromatic N) is 2. The number of carbonyl (C=O) groups excluding carboxylic acids is 3. The van der Waals surface area contributed by atoms with Gasteiger partial charge in [0, 0.05) is 38.4 Å². The van der Waals surface area contributed by atoms with Gasteiger partial charge in [0.25, 0.3) is 5.91 Å². The fourth-order valence-electron chi connectivity index (χ4n) is 3.44. The van der Waals surface area contributed by atoms with Crippen LogP contribution >= 0.6 is 11.6 Å². The van der Waals surface area contributed by atoms with Crippen LogP contribution in [0.1, 0.15) is 42.1 Å². The van der Waals surface area contributed by atoms with E-state index in [1.54, 1.807) is 37.2 Å². The highest BCUT2D eigenvalue weighted by atomic mass is 35.5. The molecule has 1 aliphatic heterocycles. The van der Waals surface area contributed by atoms with Gasteiger partial charge in [0.1, 0.15) is 0 Å². The summed E-state index contributed by atoms with van der Waals surface area (Å²) < 4.78 is 0. The Labute approximate surface area is 181 Å². The fourth-order valence-corrected chi connectivity index (χ4v) is 3.70. The van der Waals surface area contributed by atoms with Gasteiger partial charge in [0.05, 0.1) is 16.5 Å². The van der Waals surface area contributed by atoms with Crippen molar-refractivity contribution in [1.82, 2.24) is 4.90 Å². The summed E-state index contributed by atoms with van der Waals surface area (Å²) in [5, 5.41) is 3.08. The normalized spacial score (nSPS) is 16.1. The van der Waals surface area contributed by atoms with E-state index < -0.39 is 5.92 Å². The molecule has 1 aliphatic rings. The molecule has 1 unspecified atom stereocenters. The minimum absolute atomic E-state index is 0.0685. The minimum atomic E-state index is -0.456. The van der Waals surface area contributed by atoms with E-state index in [0.717, 1.165) is 11.3 Å². The van der Waals surface area contributed by atoms with Crippen LogP contribution in [0.4, 0.5) is 11.4 Å². The number of halogens is 1. The molecule has 3 amide bonds. The molecule has 0 saturated carbocycles. The van der Waals surface area contributed by atoms with E-state index in [2.05, 4.69) is 19.2 Å². The van der Waals surface area contributed by atoms with Crippen LogP contribution < -0.4 is 10.2 Å². The molecule has 30 heavy (non-hydrogen) atoms. The molecule has 1 N–H and O–H groups in total. The Balaban J connectivity index is 1.70. The zero-order chi connectivity index (χ0) is 22.0. The summed E-state index contributed by atoms with van der Waals surface area (Å²) in [5.41, 5.74) is 2.83. The predicted octanol–water partition coefficient (Wildman–Crippen LogP) is 4.16. The highest BCUT2D eigenvalue weighted by Gasteiger charge is 2.35. The zero-order valence-corrected chi connectivity index (χ0v) is 18.4. The molecule has 158 valence electrons. The smallest absolute Gasteiger partial charge is 0.254 e. The molecule has 3 rings (SSSR count). The van der Waals surface area contributed by atoms with Crippen LogP contribution in [-0.2, 0) is 9.59 Å². The Bertz CT molecular complexity index is 987. The SMILES string of the molecule is CC(C)c1cccc(N2CC(C(=O)Nc3ccc(C(=O)N(C)C)c(Cl)c3)CC2=O)c1. The summed E-state index contributed by atoms with van der Waals surface area (Å²) in [7, 11) is 3.29. The summed E-state index contributed by atoms with van der Waals surface area (Å²) in [6, 6.07) is 12.6. The van der Waals surface area contributed by atoms with Crippen LogP contribution in [0.25, 0.3) is 0 Å². The van der Waals surface area contributed by atoms with Gasteiger partial charge >= 0.3 is 0 Å². The van der Waals surface area contributed by atoms with E-state index in [4.69, 9.17) is 11.6 Å². The van der Waals surface area contributed by atoms with Crippen molar-refractivity contribution in [2.45, 2.75) is 26.2 Å². The molecule has 7 heteroatoms. The molecule has 0 bridgehead atoms. The maximum Gasteiger partial charge on any atom is 0.254 e.